The van der Waals surface area contributed by atoms with Gasteiger partial charge in [0.2, 0.25) is 0 Å². The number of hydrogen-bond donors (Lipinski definition) is 2. The third-order valence-electron chi connectivity index (χ3n) is 6.17. The average Bonchev–Trinajstić information content (AvgIpc) is 3.56. The number of ether oxygens (including phenoxy) is 1. The molecule has 158 valence electrons. The molecule has 0 atom stereocenters. The van der Waals surface area contributed by atoms with Gasteiger partial charge in [-0.2, -0.15) is 0 Å². The summed E-state index contributed by atoms with van der Waals surface area (Å²) in [6.45, 7) is 0.533. The molecule has 4 nitrogen and oxygen atoms in total. The smallest absolute Gasteiger partial charge is 0.145 e. The molecule has 4 heteroatoms. The van der Waals surface area contributed by atoms with Crippen LogP contribution in [0.1, 0.15) is 49.8 Å². The standard InChI is InChI=1S/C27H29N3O/c1-3-8-20(9-4-1)16-22-13-14-23(29-22)17-26-27(31-19-21-10-5-2-6-11-21)18-25(30-26)24-12-7-15-28-24/h2,5-7,10-15,17-18,20,28,30H,1,3-4,8-9,16,19H2/b23-17-. The van der Waals surface area contributed by atoms with Crippen LogP contribution in [-0.2, 0) is 6.61 Å². The Balaban J connectivity index is 1.36. The highest BCUT2D eigenvalue weighted by molar-refractivity contribution is 5.99. The molecule has 0 saturated heterocycles. The Labute approximate surface area is 183 Å². The first-order chi connectivity index (χ1) is 15.3. The Morgan fingerprint density at radius 3 is 2.65 bits per heavy atom. The van der Waals surface area contributed by atoms with E-state index in [4.69, 9.17) is 9.73 Å². The minimum atomic E-state index is 0.533. The summed E-state index contributed by atoms with van der Waals surface area (Å²) >= 11 is 0. The van der Waals surface area contributed by atoms with Gasteiger partial charge in [-0.15, -0.1) is 0 Å². The van der Waals surface area contributed by atoms with Gasteiger partial charge in [-0.3, -0.25) is 4.99 Å². The van der Waals surface area contributed by atoms with Crippen LogP contribution in [0.25, 0.3) is 17.5 Å². The fourth-order valence-electron chi connectivity index (χ4n) is 4.51. The Kier molecular flexibility index (Phi) is 5.87. The molecule has 0 bridgehead atoms. The molecule has 5 rings (SSSR count). The zero-order chi connectivity index (χ0) is 20.9. The van der Waals surface area contributed by atoms with Gasteiger partial charge in [-0.25, -0.2) is 0 Å². The lowest BCUT2D eigenvalue weighted by Gasteiger charge is -2.20. The zero-order valence-electron chi connectivity index (χ0n) is 17.8. The molecule has 0 spiro atoms. The summed E-state index contributed by atoms with van der Waals surface area (Å²) in [5, 5.41) is 0. The van der Waals surface area contributed by atoms with Gasteiger partial charge in [0.05, 0.1) is 22.8 Å². The SMILES string of the molecule is C1=C/C(=C/c2[nH]c(-c3ccc[nH]3)cc2OCc2ccccc2)N=C1CC1CCCCC1. The molecule has 0 radical (unpaired) electrons. The van der Waals surface area contributed by atoms with Crippen LogP contribution in [-0.4, -0.2) is 15.7 Å². The lowest BCUT2D eigenvalue weighted by molar-refractivity contribution is 0.306. The van der Waals surface area contributed by atoms with Crippen molar-refractivity contribution in [1.82, 2.24) is 9.97 Å². The van der Waals surface area contributed by atoms with Crippen LogP contribution in [0.2, 0.25) is 0 Å². The highest BCUT2D eigenvalue weighted by Crippen LogP contribution is 2.31. The molecule has 2 aromatic heterocycles. The van der Waals surface area contributed by atoms with Gasteiger partial charge in [0.25, 0.3) is 0 Å². The summed E-state index contributed by atoms with van der Waals surface area (Å²) < 4.78 is 6.20. The summed E-state index contributed by atoms with van der Waals surface area (Å²) in [5.41, 5.74) is 6.34. The summed E-state index contributed by atoms with van der Waals surface area (Å²) in [6.07, 6.45) is 16.3. The van der Waals surface area contributed by atoms with Crippen molar-refractivity contribution in [3.05, 3.63) is 83.8 Å². The van der Waals surface area contributed by atoms with Crippen molar-refractivity contribution in [2.45, 2.75) is 45.1 Å². The maximum atomic E-state index is 6.20. The number of hydrogen-bond acceptors (Lipinski definition) is 2. The molecule has 3 heterocycles. The second kappa shape index (κ2) is 9.25. The van der Waals surface area contributed by atoms with Gasteiger partial charge in [0.1, 0.15) is 12.4 Å². The Bertz CT molecular complexity index is 1080. The summed E-state index contributed by atoms with van der Waals surface area (Å²) in [5.74, 6) is 1.64. The molecule has 31 heavy (non-hydrogen) atoms. The molecule has 0 unspecified atom stereocenters. The lowest BCUT2D eigenvalue weighted by Crippen LogP contribution is -2.09. The van der Waals surface area contributed by atoms with E-state index in [1.807, 2.05) is 30.5 Å². The predicted octanol–water partition coefficient (Wildman–Crippen LogP) is 6.91. The molecule has 1 fully saturated rings. The van der Waals surface area contributed by atoms with Gasteiger partial charge < -0.3 is 14.7 Å². The third kappa shape index (κ3) is 4.91. The second-order valence-electron chi connectivity index (χ2n) is 8.53. The van der Waals surface area contributed by atoms with Crippen molar-refractivity contribution in [3.8, 4) is 17.1 Å². The predicted molar refractivity (Wildman–Crippen MR) is 127 cm³/mol. The largest absolute Gasteiger partial charge is 0.487 e. The molecule has 1 aliphatic carbocycles. The van der Waals surface area contributed by atoms with Crippen molar-refractivity contribution in [2.24, 2.45) is 10.9 Å². The molecule has 1 aliphatic heterocycles. The van der Waals surface area contributed by atoms with Crippen LogP contribution < -0.4 is 4.74 Å². The molecule has 0 amide bonds. The number of aliphatic imine (C=N–C) groups is 1. The van der Waals surface area contributed by atoms with E-state index in [0.717, 1.165) is 46.4 Å². The van der Waals surface area contributed by atoms with Crippen LogP contribution in [0.3, 0.4) is 0 Å². The quantitative estimate of drug-likeness (QED) is 0.436. The van der Waals surface area contributed by atoms with E-state index < -0.39 is 0 Å². The highest BCUT2D eigenvalue weighted by Gasteiger charge is 2.17. The maximum absolute atomic E-state index is 6.20. The number of benzene rings is 1. The molecule has 2 aliphatic rings. The summed E-state index contributed by atoms with van der Waals surface area (Å²) in [7, 11) is 0. The monoisotopic (exact) mass is 411 g/mol. The zero-order valence-corrected chi connectivity index (χ0v) is 17.8. The molecule has 1 saturated carbocycles. The topological polar surface area (TPSA) is 53.2 Å². The first-order valence-electron chi connectivity index (χ1n) is 11.3. The van der Waals surface area contributed by atoms with E-state index in [9.17, 15) is 0 Å². The van der Waals surface area contributed by atoms with Crippen LogP contribution in [0, 0.1) is 5.92 Å². The van der Waals surface area contributed by atoms with Gasteiger partial charge in [-0.1, -0.05) is 62.4 Å². The molecular formula is C27H29N3O. The van der Waals surface area contributed by atoms with Crippen LogP contribution in [0.4, 0.5) is 0 Å². The highest BCUT2D eigenvalue weighted by atomic mass is 16.5. The number of aromatic nitrogens is 2. The Morgan fingerprint density at radius 2 is 1.84 bits per heavy atom. The van der Waals surface area contributed by atoms with Gasteiger partial charge in [-0.05, 0) is 48.3 Å². The molecule has 1 aromatic carbocycles. The summed E-state index contributed by atoms with van der Waals surface area (Å²) in [4.78, 5) is 11.7. The Hall–Kier alpha value is -3.27. The molecule has 3 aromatic rings. The van der Waals surface area contributed by atoms with Crippen LogP contribution in [0.5, 0.6) is 5.75 Å². The van der Waals surface area contributed by atoms with Gasteiger partial charge >= 0.3 is 0 Å². The average molecular weight is 412 g/mol. The van der Waals surface area contributed by atoms with E-state index in [1.54, 1.807) is 0 Å². The number of nitrogens with zero attached hydrogens (tertiary/aromatic N) is 1. The van der Waals surface area contributed by atoms with Crippen molar-refractivity contribution in [2.75, 3.05) is 0 Å². The minimum absolute atomic E-state index is 0.533. The van der Waals surface area contributed by atoms with Crippen molar-refractivity contribution in [3.63, 3.8) is 0 Å². The van der Waals surface area contributed by atoms with Gasteiger partial charge in [0.15, 0.2) is 0 Å². The van der Waals surface area contributed by atoms with E-state index in [0.29, 0.717) is 6.61 Å². The third-order valence-corrected chi connectivity index (χ3v) is 6.17. The number of allylic oxidation sites excluding steroid dienone is 2. The van der Waals surface area contributed by atoms with Crippen molar-refractivity contribution >= 4 is 11.8 Å². The second-order valence-corrected chi connectivity index (χ2v) is 8.53. The summed E-state index contributed by atoms with van der Waals surface area (Å²) in [6, 6.07) is 16.4. The number of rotatable bonds is 7. The van der Waals surface area contributed by atoms with E-state index in [2.05, 4.69) is 52.5 Å². The molecular weight excluding hydrogens is 382 g/mol. The van der Waals surface area contributed by atoms with Crippen LogP contribution >= 0.6 is 0 Å². The number of nitrogens with one attached hydrogen (secondary N) is 2. The minimum Gasteiger partial charge on any atom is -0.487 e. The van der Waals surface area contributed by atoms with Gasteiger partial charge in [0, 0.05) is 18.0 Å². The molecule has 2 N–H and O–H groups in total. The van der Waals surface area contributed by atoms with Crippen molar-refractivity contribution in [1.29, 1.82) is 0 Å². The fraction of sp³-hybridized carbons (Fsp3) is 0.296. The first-order valence-corrected chi connectivity index (χ1v) is 11.3. The van der Waals surface area contributed by atoms with Crippen molar-refractivity contribution < 1.29 is 4.74 Å². The van der Waals surface area contributed by atoms with Crippen LogP contribution in [0.15, 0.2) is 77.6 Å². The first kappa shape index (κ1) is 19.7. The lowest BCUT2D eigenvalue weighted by atomic mass is 9.86. The fourth-order valence-corrected chi connectivity index (χ4v) is 4.51. The van der Waals surface area contributed by atoms with E-state index in [1.165, 1.54) is 37.8 Å². The number of H-pyrrole nitrogens is 2. The number of aromatic amines is 2. The Morgan fingerprint density at radius 1 is 0.968 bits per heavy atom. The maximum Gasteiger partial charge on any atom is 0.145 e. The van der Waals surface area contributed by atoms with E-state index in [-0.39, 0.29) is 0 Å². The van der Waals surface area contributed by atoms with E-state index >= 15 is 0 Å². The normalized spacial score (nSPS) is 17.9.